The van der Waals surface area contributed by atoms with Crippen LogP contribution in [0.1, 0.15) is 28.4 Å². The summed E-state index contributed by atoms with van der Waals surface area (Å²) in [4.78, 5) is 12.0. The molecule has 0 aromatic heterocycles. The van der Waals surface area contributed by atoms with Crippen molar-refractivity contribution in [2.24, 2.45) is 0 Å². The van der Waals surface area contributed by atoms with E-state index in [2.05, 4.69) is 10.0 Å². The molecule has 134 valence electrons. The van der Waals surface area contributed by atoms with Crippen molar-refractivity contribution in [3.63, 3.8) is 0 Å². The molecule has 0 spiro atoms. The van der Waals surface area contributed by atoms with Crippen molar-refractivity contribution < 1.29 is 17.9 Å². The fourth-order valence-electron chi connectivity index (χ4n) is 2.53. The Labute approximate surface area is 148 Å². The molecule has 25 heavy (non-hydrogen) atoms. The molecule has 0 bridgehead atoms. The lowest BCUT2D eigenvalue weighted by Crippen LogP contribution is -2.20. The summed E-state index contributed by atoms with van der Waals surface area (Å²) in [5, 5.41) is 2.48. The van der Waals surface area contributed by atoms with Crippen LogP contribution in [0.4, 0.5) is 5.69 Å². The maximum Gasteiger partial charge on any atom is 0.261 e. The summed E-state index contributed by atoms with van der Waals surface area (Å²) < 4.78 is 33.4. The minimum atomic E-state index is -3.84. The molecule has 7 heteroatoms. The smallest absolute Gasteiger partial charge is 0.261 e. The second-order valence-corrected chi connectivity index (χ2v) is 7.19. The number of sulfonamides is 1. The number of nitrogens with one attached hydrogen (secondary N) is 2. The van der Waals surface area contributed by atoms with Crippen LogP contribution in [0.5, 0.6) is 5.75 Å². The minimum Gasteiger partial charge on any atom is -0.496 e. The van der Waals surface area contributed by atoms with Crippen molar-refractivity contribution in [2.75, 3.05) is 18.9 Å². The summed E-state index contributed by atoms with van der Waals surface area (Å²) in [5.74, 6) is -0.109. The van der Waals surface area contributed by atoms with Gasteiger partial charge in [-0.2, -0.15) is 0 Å². The number of amides is 1. The predicted molar refractivity (Wildman–Crippen MR) is 97.7 cm³/mol. The van der Waals surface area contributed by atoms with Gasteiger partial charge in [-0.25, -0.2) is 8.42 Å². The van der Waals surface area contributed by atoms with Gasteiger partial charge in [-0.3, -0.25) is 9.52 Å². The molecule has 1 amide bonds. The zero-order valence-corrected chi connectivity index (χ0v) is 15.5. The SMILES string of the molecule is CCc1cccc(C)c1NS(=O)(=O)c1ccc(OC)c(C(=O)NC)c1. The summed E-state index contributed by atoms with van der Waals surface area (Å²) in [5.41, 5.74) is 2.47. The molecular formula is C18H22N2O4S. The Hall–Kier alpha value is -2.54. The lowest BCUT2D eigenvalue weighted by atomic mass is 10.1. The van der Waals surface area contributed by atoms with Gasteiger partial charge in [-0.05, 0) is 42.7 Å². The van der Waals surface area contributed by atoms with E-state index in [1.807, 2.05) is 32.0 Å². The number of carbonyl (C=O) groups excluding carboxylic acids is 1. The van der Waals surface area contributed by atoms with Crippen LogP contribution in [0, 0.1) is 6.92 Å². The molecule has 0 unspecified atom stereocenters. The van der Waals surface area contributed by atoms with Crippen LogP contribution in [0.3, 0.4) is 0 Å². The highest BCUT2D eigenvalue weighted by Crippen LogP contribution is 2.27. The van der Waals surface area contributed by atoms with Gasteiger partial charge in [0, 0.05) is 7.05 Å². The number of carbonyl (C=O) groups is 1. The molecule has 2 aromatic rings. The van der Waals surface area contributed by atoms with E-state index in [4.69, 9.17) is 4.74 Å². The van der Waals surface area contributed by atoms with Crippen molar-refractivity contribution in [1.82, 2.24) is 5.32 Å². The monoisotopic (exact) mass is 362 g/mol. The van der Waals surface area contributed by atoms with Crippen LogP contribution >= 0.6 is 0 Å². The number of para-hydroxylation sites is 1. The number of hydrogen-bond donors (Lipinski definition) is 2. The zero-order valence-electron chi connectivity index (χ0n) is 14.7. The van der Waals surface area contributed by atoms with E-state index in [1.54, 1.807) is 0 Å². The average molecular weight is 362 g/mol. The molecule has 6 nitrogen and oxygen atoms in total. The molecular weight excluding hydrogens is 340 g/mol. The van der Waals surface area contributed by atoms with Crippen LogP contribution in [-0.4, -0.2) is 28.5 Å². The Morgan fingerprint density at radius 3 is 2.52 bits per heavy atom. The molecule has 0 aliphatic rings. The van der Waals surface area contributed by atoms with Gasteiger partial charge in [0.2, 0.25) is 0 Å². The molecule has 0 aliphatic heterocycles. The van der Waals surface area contributed by atoms with E-state index in [0.717, 1.165) is 11.1 Å². The minimum absolute atomic E-state index is 0.00259. The van der Waals surface area contributed by atoms with Crippen LogP contribution in [0.2, 0.25) is 0 Å². The first-order valence-corrected chi connectivity index (χ1v) is 9.33. The van der Waals surface area contributed by atoms with E-state index < -0.39 is 15.9 Å². The van der Waals surface area contributed by atoms with Crippen LogP contribution in [0.25, 0.3) is 0 Å². The largest absolute Gasteiger partial charge is 0.496 e. The van der Waals surface area contributed by atoms with E-state index in [1.165, 1.54) is 32.4 Å². The fraction of sp³-hybridized carbons (Fsp3) is 0.278. The first-order chi connectivity index (χ1) is 11.8. The number of methoxy groups -OCH3 is 1. The second kappa shape index (κ2) is 7.57. The van der Waals surface area contributed by atoms with Gasteiger partial charge in [0.1, 0.15) is 5.75 Å². The lowest BCUT2D eigenvalue weighted by Gasteiger charge is -2.15. The Morgan fingerprint density at radius 2 is 1.92 bits per heavy atom. The molecule has 0 atom stereocenters. The Morgan fingerprint density at radius 1 is 1.20 bits per heavy atom. The van der Waals surface area contributed by atoms with E-state index >= 15 is 0 Å². The molecule has 2 N–H and O–H groups in total. The molecule has 2 rings (SSSR count). The molecule has 0 saturated carbocycles. The normalized spacial score (nSPS) is 11.0. The van der Waals surface area contributed by atoms with Gasteiger partial charge >= 0.3 is 0 Å². The molecule has 0 saturated heterocycles. The standard InChI is InChI=1S/C18H22N2O4S/c1-5-13-8-6-7-12(2)17(13)20-25(22,23)14-9-10-16(24-4)15(11-14)18(21)19-3/h6-11,20H,5H2,1-4H3,(H,19,21). The maximum atomic E-state index is 12.8. The van der Waals surface area contributed by atoms with Gasteiger partial charge in [-0.15, -0.1) is 0 Å². The van der Waals surface area contributed by atoms with Crippen molar-refractivity contribution in [2.45, 2.75) is 25.2 Å². The van der Waals surface area contributed by atoms with Crippen LogP contribution in [-0.2, 0) is 16.4 Å². The molecule has 0 radical (unpaired) electrons. The number of rotatable bonds is 6. The first kappa shape index (κ1) is 18.8. The highest BCUT2D eigenvalue weighted by atomic mass is 32.2. The van der Waals surface area contributed by atoms with Crippen molar-refractivity contribution in [3.05, 3.63) is 53.1 Å². The Kier molecular flexibility index (Phi) is 5.69. The molecule has 0 heterocycles. The van der Waals surface area contributed by atoms with Gasteiger partial charge in [0.05, 0.1) is 23.3 Å². The Bertz CT molecular complexity index is 892. The number of aryl methyl sites for hydroxylation is 2. The van der Waals surface area contributed by atoms with Crippen LogP contribution < -0.4 is 14.8 Å². The number of ether oxygens (including phenoxy) is 1. The molecule has 0 aliphatic carbocycles. The highest BCUT2D eigenvalue weighted by molar-refractivity contribution is 7.92. The summed E-state index contributed by atoms with van der Waals surface area (Å²) in [7, 11) is -0.943. The van der Waals surface area contributed by atoms with Gasteiger partial charge in [0.25, 0.3) is 15.9 Å². The van der Waals surface area contributed by atoms with Crippen molar-refractivity contribution in [3.8, 4) is 5.75 Å². The molecule has 0 fully saturated rings. The fourth-order valence-corrected chi connectivity index (χ4v) is 3.73. The average Bonchev–Trinajstić information content (AvgIpc) is 2.61. The number of benzene rings is 2. The van der Waals surface area contributed by atoms with Gasteiger partial charge in [0.15, 0.2) is 0 Å². The van der Waals surface area contributed by atoms with E-state index in [0.29, 0.717) is 17.9 Å². The third-order valence-corrected chi connectivity index (χ3v) is 5.28. The van der Waals surface area contributed by atoms with E-state index in [-0.39, 0.29) is 10.5 Å². The summed E-state index contributed by atoms with van der Waals surface area (Å²) in [6, 6.07) is 9.82. The van der Waals surface area contributed by atoms with Gasteiger partial charge in [-0.1, -0.05) is 25.1 Å². The third-order valence-electron chi connectivity index (χ3n) is 3.93. The van der Waals surface area contributed by atoms with E-state index in [9.17, 15) is 13.2 Å². The maximum absolute atomic E-state index is 12.8. The Balaban J connectivity index is 2.49. The second-order valence-electron chi connectivity index (χ2n) is 5.51. The third kappa shape index (κ3) is 3.93. The summed E-state index contributed by atoms with van der Waals surface area (Å²) in [6.07, 6.45) is 0.700. The topological polar surface area (TPSA) is 84.5 Å². The number of anilines is 1. The van der Waals surface area contributed by atoms with Crippen LogP contribution in [0.15, 0.2) is 41.3 Å². The lowest BCUT2D eigenvalue weighted by molar-refractivity contribution is 0.0960. The summed E-state index contributed by atoms with van der Waals surface area (Å²) >= 11 is 0. The van der Waals surface area contributed by atoms with Gasteiger partial charge < -0.3 is 10.1 Å². The highest BCUT2D eigenvalue weighted by Gasteiger charge is 2.21. The predicted octanol–water partition coefficient (Wildman–Crippen LogP) is 2.73. The molecule has 2 aromatic carbocycles. The van der Waals surface area contributed by atoms with Crippen molar-refractivity contribution in [1.29, 1.82) is 0 Å². The van der Waals surface area contributed by atoms with Crippen molar-refractivity contribution >= 4 is 21.6 Å². The number of hydrogen-bond acceptors (Lipinski definition) is 4. The first-order valence-electron chi connectivity index (χ1n) is 7.85. The zero-order chi connectivity index (χ0) is 18.6. The quantitative estimate of drug-likeness (QED) is 0.827. The summed E-state index contributed by atoms with van der Waals surface area (Å²) in [6.45, 7) is 3.81.